The van der Waals surface area contributed by atoms with Crippen molar-refractivity contribution in [1.29, 1.82) is 0 Å². The Kier molecular flexibility index (Phi) is 6.00. The van der Waals surface area contributed by atoms with Gasteiger partial charge in [0.15, 0.2) is 0 Å². The van der Waals surface area contributed by atoms with Crippen LogP contribution in [0.15, 0.2) is 24.3 Å². The Balaban J connectivity index is 2.47. The molecule has 1 N–H and O–H groups in total. The van der Waals surface area contributed by atoms with E-state index in [0.29, 0.717) is 18.8 Å². The molecule has 1 atom stereocenters. The molecule has 1 aromatic carbocycles. The molecule has 100 valence electrons. The van der Waals surface area contributed by atoms with E-state index >= 15 is 0 Å². The van der Waals surface area contributed by atoms with E-state index in [-0.39, 0.29) is 6.61 Å². The maximum atomic E-state index is 11.0. The fourth-order valence-corrected chi connectivity index (χ4v) is 1.41. The third kappa shape index (κ3) is 4.63. The second-order valence-electron chi connectivity index (χ2n) is 3.80. The summed E-state index contributed by atoms with van der Waals surface area (Å²) in [5.74, 6) is -0.0800. The summed E-state index contributed by atoms with van der Waals surface area (Å²) in [5, 5.41) is 9.00. The molecule has 0 aliphatic heterocycles. The van der Waals surface area contributed by atoms with Crippen molar-refractivity contribution >= 4 is 5.97 Å². The Morgan fingerprint density at radius 1 is 1.22 bits per heavy atom. The van der Waals surface area contributed by atoms with Crippen LogP contribution < -0.4 is 9.47 Å². The lowest BCUT2D eigenvalue weighted by atomic mass is 10.1. The molecule has 1 aromatic rings. The van der Waals surface area contributed by atoms with Crippen LogP contribution >= 0.6 is 0 Å². The van der Waals surface area contributed by atoms with Gasteiger partial charge in [-0.1, -0.05) is 0 Å². The van der Waals surface area contributed by atoms with Crippen LogP contribution in [0.3, 0.4) is 0 Å². The third-order valence-electron chi connectivity index (χ3n) is 2.53. The SMILES string of the molecule is COCCC(COc1ccc(OC)cc1)C(=O)O. The minimum absolute atomic E-state index is 0.130. The van der Waals surface area contributed by atoms with Gasteiger partial charge in [-0.3, -0.25) is 4.79 Å². The van der Waals surface area contributed by atoms with Gasteiger partial charge in [0.1, 0.15) is 18.1 Å². The summed E-state index contributed by atoms with van der Waals surface area (Å²) in [5.41, 5.74) is 0. The van der Waals surface area contributed by atoms with Crippen molar-refractivity contribution in [1.82, 2.24) is 0 Å². The summed E-state index contributed by atoms with van der Waals surface area (Å²) in [4.78, 5) is 11.0. The monoisotopic (exact) mass is 254 g/mol. The number of carboxylic acid groups (broad SMARTS) is 1. The maximum absolute atomic E-state index is 11.0. The number of carboxylic acids is 1. The number of carbonyl (C=O) groups is 1. The van der Waals surface area contributed by atoms with Gasteiger partial charge in [0.05, 0.1) is 13.0 Å². The molecule has 0 bridgehead atoms. The third-order valence-corrected chi connectivity index (χ3v) is 2.53. The molecule has 0 aliphatic carbocycles. The van der Waals surface area contributed by atoms with E-state index in [9.17, 15) is 4.79 Å². The minimum atomic E-state index is -0.874. The van der Waals surface area contributed by atoms with Gasteiger partial charge in [0.25, 0.3) is 0 Å². The molecule has 5 nitrogen and oxygen atoms in total. The van der Waals surface area contributed by atoms with Gasteiger partial charge in [-0.2, -0.15) is 0 Å². The molecule has 18 heavy (non-hydrogen) atoms. The zero-order valence-electron chi connectivity index (χ0n) is 10.6. The summed E-state index contributed by atoms with van der Waals surface area (Å²) in [6.45, 7) is 0.536. The van der Waals surface area contributed by atoms with Gasteiger partial charge in [-0.05, 0) is 30.7 Å². The van der Waals surface area contributed by atoms with Crippen molar-refractivity contribution < 1.29 is 24.1 Å². The number of hydrogen-bond acceptors (Lipinski definition) is 4. The standard InChI is InChI=1S/C13H18O5/c1-16-8-7-10(13(14)15)9-18-12-5-3-11(17-2)4-6-12/h3-6,10H,7-9H2,1-2H3,(H,14,15). The van der Waals surface area contributed by atoms with Crippen molar-refractivity contribution in [3.8, 4) is 11.5 Å². The topological polar surface area (TPSA) is 65.0 Å². The predicted molar refractivity (Wildman–Crippen MR) is 66.1 cm³/mol. The zero-order chi connectivity index (χ0) is 13.4. The molecule has 0 aromatic heterocycles. The maximum Gasteiger partial charge on any atom is 0.310 e. The molecule has 0 radical (unpaired) electrons. The molecule has 0 spiro atoms. The molecule has 5 heteroatoms. The van der Waals surface area contributed by atoms with Gasteiger partial charge in [-0.25, -0.2) is 0 Å². The Bertz CT molecular complexity index is 360. The number of aliphatic carboxylic acids is 1. The number of methoxy groups -OCH3 is 2. The second kappa shape index (κ2) is 7.55. The highest BCUT2D eigenvalue weighted by molar-refractivity contribution is 5.70. The minimum Gasteiger partial charge on any atom is -0.497 e. The van der Waals surface area contributed by atoms with Crippen molar-refractivity contribution in [2.45, 2.75) is 6.42 Å². The highest BCUT2D eigenvalue weighted by atomic mass is 16.5. The van der Waals surface area contributed by atoms with Gasteiger partial charge < -0.3 is 19.3 Å². The predicted octanol–water partition coefficient (Wildman–Crippen LogP) is 1.81. The van der Waals surface area contributed by atoms with E-state index in [2.05, 4.69) is 0 Å². The number of rotatable bonds is 8. The lowest BCUT2D eigenvalue weighted by Crippen LogP contribution is -2.23. The molecule has 0 aliphatic rings. The molecule has 0 heterocycles. The first-order chi connectivity index (χ1) is 8.67. The molecule has 0 amide bonds. The number of ether oxygens (including phenoxy) is 3. The molecule has 1 rings (SSSR count). The van der Waals surface area contributed by atoms with Crippen LogP contribution in [0.1, 0.15) is 6.42 Å². The fourth-order valence-electron chi connectivity index (χ4n) is 1.41. The first-order valence-corrected chi connectivity index (χ1v) is 5.66. The average molecular weight is 254 g/mol. The van der Waals surface area contributed by atoms with Crippen LogP contribution in [0.4, 0.5) is 0 Å². The van der Waals surface area contributed by atoms with Crippen molar-refractivity contribution in [2.24, 2.45) is 5.92 Å². The Hall–Kier alpha value is -1.75. The number of hydrogen-bond donors (Lipinski definition) is 1. The van der Waals surface area contributed by atoms with Crippen LogP contribution in [0.25, 0.3) is 0 Å². The smallest absolute Gasteiger partial charge is 0.310 e. The van der Waals surface area contributed by atoms with E-state index < -0.39 is 11.9 Å². The molecule has 0 saturated carbocycles. The molecular formula is C13H18O5. The molecule has 1 unspecified atom stereocenters. The molecular weight excluding hydrogens is 236 g/mol. The zero-order valence-corrected chi connectivity index (χ0v) is 10.6. The highest BCUT2D eigenvalue weighted by Crippen LogP contribution is 2.18. The first-order valence-electron chi connectivity index (χ1n) is 5.66. The largest absolute Gasteiger partial charge is 0.497 e. The lowest BCUT2D eigenvalue weighted by molar-refractivity contribution is -0.143. The van der Waals surface area contributed by atoms with E-state index in [1.807, 2.05) is 0 Å². The first kappa shape index (κ1) is 14.3. The van der Waals surface area contributed by atoms with Crippen molar-refractivity contribution in [3.05, 3.63) is 24.3 Å². The summed E-state index contributed by atoms with van der Waals surface area (Å²) < 4.78 is 15.3. The summed E-state index contributed by atoms with van der Waals surface area (Å²) >= 11 is 0. The van der Waals surface area contributed by atoms with Crippen molar-refractivity contribution in [2.75, 3.05) is 27.4 Å². The quantitative estimate of drug-likeness (QED) is 0.766. The Morgan fingerprint density at radius 2 is 1.83 bits per heavy atom. The van der Waals surface area contributed by atoms with Gasteiger partial charge in [0, 0.05) is 13.7 Å². The van der Waals surface area contributed by atoms with Gasteiger partial charge in [0.2, 0.25) is 0 Å². The highest BCUT2D eigenvalue weighted by Gasteiger charge is 2.17. The summed E-state index contributed by atoms with van der Waals surface area (Å²) in [6.07, 6.45) is 0.433. The average Bonchev–Trinajstić information content (AvgIpc) is 2.39. The Labute approximate surface area is 106 Å². The van der Waals surface area contributed by atoms with E-state index in [1.165, 1.54) is 0 Å². The van der Waals surface area contributed by atoms with Crippen molar-refractivity contribution in [3.63, 3.8) is 0 Å². The fraction of sp³-hybridized carbons (Fsp3) is 0.462. The Morgan fingerprint density at radius 3 is 2.33 bits per heavy atom. The number of benzene rings is 1. The van der Waals surface area contributed by atoms with Crippen LogP contribution in [-0.4, -0.2) is 38.5 Å². The summed E-state index contributed by atoms with van der Waals surface area (Å²) in [6, 6.07) is 7.02. The van der Waals surface area contributed by atoms with Crippen LogP contribution in [0.2, 0.25) is 0 Å². The van der Waals surface area contributed by atoms with Gasteiger partial charge >= 0.3 is 5.97 Å². The molecule has 0 fully saturated rings. The van der Waals surface area contributed by atoms with Gasteiger partial charge in [-0.15, -0.1) is 0 Å². The molecule has 0 saturated heterocycles. The van der Waals surface area contributed by atoms with E-state index in [1.54, 1.807) is 38.5 Å². The lowest BCUT2D eigenvalue weighted by Gasteiger charge is -2.13. The summed E-state index contributed by atoms with van der Waals surface area (Å²) in [7, 11) is 3.13. The van der Waals surface area contributed by atoms with E-state index in [0.717, 1.165) is 5.75 Å². The van der Waals surface area contributed by atoms with Crippen LogP contribution in [0.5, 0.6) is 11.5 Å². The van der Waals surface area contributed by atoms with E-state index in [4.69, 9.17) is 19.3 Å². The normalized spacial score (nSPS) is 11.9. The second-order valence-corrected chi connectivity index (χ2v) is 3.80. The van der Waals surface area contributed by atoms with Crippen LogP contribution in [-0.2, 0) is 9.53 Å². The van der Waals surface area contributed by atoms with Crippen LogP contribution in [0, 0.1) is 5.92 Å².